The molecule has 0 spiro atoms. The molecule has 9 heteroatoms. The number of thioether (sulfide) groups is 1. The van der Waals surface area contributed by atoms with E-state index in [4.69, 9.17) is 0 Å². The fraction of sp³-hybridized carbons (Fsp3) is 0.385. The Morgan fingerprint density at radius 2 is 2.32 bits per heavy atom. The molecule has 22 heavy (non-hydrogen) atoms. The molecule has 3 rings (SSSR count). The first-order chi connectivity index (χ1) is 10.8. The topological polar surface area (TPSA) is 72.2 Å². The lowest BCUT2D eigenvalue weighted by Gasteiger charge is -1.99. The van der Waals surface area contributed by atoms with Crippen molar-refractivity contribution in [1.82, 2.24) is 19.6 Å². The summed E-state index contributed by atoms with van der Waals surface area (Å²) in [4.78, 5) is 17.1. The van der Waals surface area contributed by atoms with E-state index in [1.165, 1.54) is 22.7 Å². The van der Waals surface area contributed by atoms with Crippen LogP contribution in [0, 0.1) is 0 Å². The van der Waals surface area contributed by atoms with Gasteiger partial charge in [-0.15, -0.1) is 21.5 Å². The van der Waals surface area contributed by atoms with Gasteiger partial charge in [-0.05, 0) is 6.42 Å². The van der Waals surface area contributed by atoms with Gasteiger partial charge < -0.3 is 5.32 Å². The monoisotopic (exact) mass is 353 g/mol. The van der Waals surface area contributed by atoms with Crippen molar-refractivity contribution in [3.05, 3.63) is 33.7 Å². The molecule has 6 nitrogen and oxygen atoms in total. The smallest absolute Gasteiger partial charge is 0.258 e. The molecule has 0 aromatic carbocycles. The zero-order chi connectivity index (χ0) is 15.4. The number of fused-ring (bicyclic) bond motifs is 1. The lowest BCUT2D eigenvalue weighted by Crippen LogP contribution is -2.12. The summed E-state index contributed by atoms with van der Waals surface area (Å²) in [5, 5.41) is 14.2. The Bertz CT molecular complexity index is 809. The van der Waals surface area contributed by atoms with Gasteiger partial charge in [-0.25, -0.2) is 4.98 Å². The van der Waals surface area contributed by atoms with Crippen LogP contribution in [-0.2, 0) is 5.75 Å². The summed E-state index contributed by atoms with van der Waals surface area (Å²) in [6.45, 7) is 3.08. The van der Waals surface area contributed by atoms with Gasteiger partial charge in [-0.2, -0.15) is 0 Å². The maximum Gasteiger partial charge on any atom is 0.258 e. The van der Waals surface area contributed by atoms with Gasteiger partial charge in [0.15, 0.2) is 9.30 Å². The zero-order valence-electron chi connectivity index (χ0n) is 12.0. The Labute approximate surface area is 139 Å². The molecule has 0 atom stereocenters. The number of hydrogen-bond donors (Lipinski definition) is 1. The number of aromatic nitrogens is 4. The summed E-state index contributed by atoms with van der Waals surface area (Å²) in [7, 11) is 0. The van der Waals surface area contributed by atoms with Crippen LogP contribution in [-0.4, -0.2) is 26.1 Å². The molecule has 0 aliphatic heterocycles. The number of unbranched alkanes of at least 4 members (excludes halogenated alkanes) is 1. The molecule has 0 radical (unpaired) electrons. The largest absolute Gasteiger partial charge is 0.360 e. The van der Waals surface area contributed by atoms with Crippen molar-refractivity contribution in [1.29, 1.82) is 0 Å². The van der Waals surface area contributed by atoms with E-state index in [0.29, 0.717) is 5.75 Å². The summed E-state index contributed by atoms with van der Waals surface area (Å²) in [5.41, 5.74) is 0.731. The van der Waals surface area contributed by atoms with Gasteiger partial charge in [0.05, 0.1) is 5.69 Å². The van der Waals surface area contributed by atoms with Crippen LogP contribution < -0.4 is 10.9 Å². The maximum atomic E-state index is 11.9. The van der Waals surface area contributed by atoms with E-state index in [-0.39, 0.29) is 5.56 Å². The Kier molecular flexibility index (Phi) is 5.06. The normalized spacial score (nSPS) is 11.1. The quantitative estimate of drug-likeness (QED) is 0.520. The van der Waals surface area contributed by atoms with Crippen molar-refractivity contribution in [3.63, 3.8) is 0 Å². The highest BCUT2D eigenvalue weighted by molar-refractivity contribution is 8.00. The van der Waals surface area contributed by atoms with Crippen molar-refractivity contribution in [2.45, 2.75) is 29.9 Å². The van der Waals surface area contributed by atoms with Crippen molar-refractivity contribution >= 4 is 44.5 Å². The Balaban J connectivity index is 1.62. The summed E-state index contributed by atoms with van der Waals surface area (Å²) in [6, 6.07) is 1.58. The van der Waals surface area contributed by atoms with Crippen molar-refractivity contribution in [2.24, 2.45) is 0 Å². The Morgan fingerprint density at radius 1 is 1.41 bits per heavy atom. The molecule has 0 bridgehead atoms. The van der Waals surface area contributed by atoms with E-state index < -0.39 is 0 Å². The highest BCUT2D eigenvalue weighted by atomic mass is 32.2. The predicted molar refractivity (Wildman–Crippen MR) is 92.2 cm³/mol. The highest BCUT2D eigenvalue weighted by Gasteiger charge is 2.07. The average molecular weight is 353 g/mol. The maximum absolute atomic E-state index is 11.9. The predicted octanol–water partition coefficient (Wildman–Crippen LogP) is 3.11. The molecular weight excluding hydrogens is 338 g/mol. The van der Waals surface area contributed by atoms with Crippen LogP contribution in [0.2, 0.25) is 0 Å². The van der Waals surface area contributed by atoms with E-state index in [1.54, 1.807) is 28.4 Å². The van der Waals surface area contributed by atoms with E-state index in [1.807, 2.05) is 5.38 Å². The third kappa shape index (κ3) is 3.65. The van der Waals surface area contributed by atoms with E-state index in [0.717, 1.165) is 39.5 Å². The van der Waals surface area contributed by atoms with Gasteiger partial charge >= 0.3 is 0 Å². The molecule has 0 fully saturated rings. The molecule has 116 valence electrons. The van der Waals surface area contributed by atoms with Crippen LogP contribution in [0.15, 0.2) is 26.8 Å². The van der Waals surface area contributed by atoms with Gasteiger partial charge in [0.1, 0.15) is 0 Å². The summed E-state index contributed by atoms with van der Waals surface area (Å²) in [5.74, 6) is 0.618. The average Bonchev–Trinajstić information content (AvgIpc) is 3.14. The molecular formula is C13H15N5OS3. The molecule has 0 saturated carbocycles. The summed E-state index contributed by atoms with van der Waals surface area (Å²) >= 11 is 4.55. The van der Waals surface area contributed by atoms with E-state index in [9.17, 15) is 4.79 Å². The third-order valence-corrected chi connectivity index (χ3v) is 5.72. The molecule has 0 unspecified atom stereocenters. The van der Waals surface area contributed by atoms with Crippen LogP contribution in [0.25, 0.3) is 4.96 Å². The number of rotatable bonds is 7. The van der Waals surface area contributed by atoms with Gasteiger partial charge in [-0.1, -0.05) is 36.4 Å². The standard InChI is InChI=1S/C13H15N5OS3/c1-2-3-4-14-11-16-17-13(22-11)21-8-9-7-10(19)18-5-6-20-12(18)15-9/h5-7H,2-4,8H2,1H3,(H,14,16). The minimum atomic E-state index is -0.0407. The first-order valence-corrected chi connectivity index (χ1v) is 9.60. The molecule has 1 N–H and O–H groups in total. The second-order valence-electron chi connectivity index (χ2n) is 4.58. The van der Waals surface area contributed by atoms with E-state index >= 15 is 0 Å². The van der Waals surface area contributed by atoms with Crippen molar-refractivity contribution in [2.75, 3.05) is 11.9 Å². The highest BCUT2D eigenvalue weighted by Crippen LogP contribution is 2.27. The zero-order valence-corrected chi connectivity index (χ0v) is 14.4. The molecule has 0 saturated heterocycles. The summed E-state index contributed by atoms with van der Waals surface area (Å²) < 4.78 is 2.44. The Hall–Kier alpha value is -1.45. The molecule has 3 aromatic rings. The third-order valence-electron chi connectivity index (χ3n) is 2.91. The van der Waals surface area contributed by atoms with Crippen molar-refractivity contribution < 1.29 is 0 Å². The van der Waals surface area contributed by atoms with Crippen LogP contribution in [0.4, 0.5) is 5.13 Å². The number of anilines is 1. The lowest BCUT2D eigenvalue weighted by molar-refractivity contribution is 0.830. The van der Waals surface area contributed by atoms with Crippen molar-refractivity contribution in [3.8, 4) is 0 Å². The molecule has 0 aliphatic carbocycles. The first kappa shape index (κ1) is 15.4. The van der Waals surface area contributed by atoms with E-state index in [2.05, 4.69) is 27.4 Å². The number of hydrogen-bond acceptors (Lipinski definition) is 8. The lowest BCUT2D eigenvalue weighted by atomic mass is 10.3. The fourth-order valence-corrected chi connectivity index (χ4v) is 4.22. The van der Waals surface area contributed by atoms with Crippen LogP contribution >= 0.6 is 34.4 Å². The summed E-state index contributed by atoms with van der Waals surface area (Å²) in [6.07, 6.45) is 4.02. The van der Waals surface area contributed by atoms with Crippen LogP contribution in [0.1, 0.15) is 25.5 Å². The molecule has 0 amide bonds. The molecule has 0 aliphatic rings. The van der Waals surface area contributed by atoms with Crippen LogP contribution in [0.3, 0.4) is 0 Å². The van der Waals surface area contributed by atoms with Gasteiger partial charge in [0, 0.05) is 29.9 Å². The number of nitrogens with one attached hydrogen (secondary N) is 1. The number of nitrogens with zero attached hydrogens (tertiary/aromatic N) is 4. The molecule has 3 heterocycles. The molecule has 3 aromatic heterocycles. The van der Waals surface area contributed by atoms with Crippen LogP contribution in [0.5, 0.6) is 0 Å². The first-order valence-electron chi connectivity index (χ1n) is 6.92. The second kappa shape index (κ2) is 7.21. The second-order valence-corrected chi connectivity index (χ2v) is 7.66. The minimum Gasteiger partial charge on any atom is -0.360 e. The van der Waals surface area contributed by atoms with Gasteiger partial charge in [-0.3, -0.25) is 9.20 Å². The fourth-order valence-electron chi connectivity index (χ4n) is 1.81. The number of thiazole rings is 1. The van der Waals surface area contributed by atoms with Gasteiger partial charge in [0.25, 0.3) is 5.56 Å². The SMILES string of the molecule is CCCCNc1nnc(SCc2cc(=O)n3ccsc3n2)s1. The minimum absolute atomic E-state index is 0.0407. The van der Waals surface area contributed by atoms with Gasteiger partial charge in [0.2, 0.25) is 5.13 Å². The Morgan fingerprint density at radius 3 is 3.18 bits per heavy atom.